The predicted octanol–water partition coefficient (Wildman–Crippen LogP) is 7.91. The molecule has 0 saturated carbocycles. The summed E-state index contributed by atoms with van der Waals surface area (Å²) in [6.45, 7) is 12.8. The Morgan fingerprint density at radius 3 is 0.769 bits per heavy atom. The van der Waals surface area contributed by atoms with E-state index in [1.165, 1.54) is 16.7 Å². The van der Waals surface area contributed by atoms with Gasteiger partial charge in [0.2, 0.25) is 0 Å². The molecule has 0 aliphatic rings. The second kappa shape index (κ2) is 20.4. The highest BCUT2D eigenvalue weighted by atomic mass is 16.3. The summed E-state index contributed by atoms with van der Waals surface area (Å²) < 4.78 is 0. The highest BCUT2D eigenvalue weighted by Crippen LogP contribution is 2.12. The topological polar surface area (TPSA) is 60.7 Å². The second-order valence-corrected chi connectivity index (χ2v) is 11.9. The van der Waals surface area contributed by atoms with E-state index in [4.69, 9.17) is 0 Å². The average Bonchev–Trinajstić information content (AvgIpc) is 2.85. The number of hydrogen-bond donors (Lipinski definition) is 3. The van der Waals surface area contributed by atoms with Crippen molar-refractivity contribution in [2.45, 2.75) is 98.4 Å². The van der Waals surface area contributed by atoms with Gasteiger partial charge in [0.05, 0.1) is 18.3 Å². The zero-order chi connectivity index (χ0) is 29.0. The van der Waals surface area contributed by atoms with Crippen molar-refractivity contribution in [3.05, 3.63) is 108 Å². The van der Waals surface area contributed by atoms with Crippen LogP contribution < -0.4 is 0 Å². The van der Waals surface area contributed by atoms with Crippen LogP contribution in [0.1, 0.15) is 77.5 Å². The molecule has 0 saturated heterocycles. The molecule has 0 heterocycles. The maximum absolute atomic E-state index is 9.67. The van der Waals surface area contributed by atoms with Gasteiger partial charge in [0.15, 0.2) is 0 Å². The second-order valence-electron chi connectivity index (χ2n) is 11.9. The van der Waals surface area contributed by atoms with Gasteiger partial charge < -0.3 is 15.3 Å². The summed E-state index contributed by atoms with van der Waals surface area (Å²) >= 11 is 0. The molecule has 0 aromatic heterocycles. The summed E-state index contributed by atoms with van der Waals surface area (Å²) in [5.41, 5.74) is 3.65. The van der Waals surface area contributed by atoms with Crippen LogP contribution in [0.15, 0.2) is 91.0 Å². The molecule has 0 aliphatic carbocycles. The van der Waals surface area contributed by atoms with Gasteiger partial charge >= 0.3 is 0 Å². The Balaban J connectivity index is 0.000000292. The lowest BCUT2D eigenvalue weighted by Crippen LogP contribution is -2.13. The maximum atomic E-state index is 9.67. The molecular formula is C36H54O3. The van der Waals surface area contributed by atoms with Crippen LogP contribution in [0.3, 0.4) is 0 Å². The molecule has 3 aromatic rings. The van der Waals surface area contributed by atoms with Crippen molar-refractivity contribution in [3.63, 3.8) is 0 Å². The molecule has 0 spiro atoms. The van der Waals surface area contributed by atoms with Gasteiger partial charge in [0.25, 0.3) is 0 Å². The number of benzene rings is 3. The van der Waals surface area contributed by atoms with Gasteiger partial charge in [-0.15, -0.1) is 0 Å². The maximum Gasteiger partial charge on any atom is 0.0583 e. The molecule has 3 heteroatoms. The molecule has 216 valence electrons. The van der Waals surface area contributed by atoms with Gasteiger partial charge in [-0.3, -0.25) is 0 Å². The van der Waals surface area contributed by atoms with Crippen LogP contribution in [0.5, 0.6) is 0 Å². The quantitative estimate of drug-likeness (QED) is 0.221. The van der Waals surface area contributed by atoms with Crippen molar-refractivity contribution < 1.29 is 15.3 Å². The molecule has 0 amide bonds. The molecule has 3 atom stereocenters. The van der Waals surface area contributed by atoms with E-state index in [0.717, 1.165) is 38.5 Å². The molecular weight excluding hydrogens is 480 g/mol. The summed E-state index contributed by atoms with van der Waals surface area (Å²) in [4.78, 5) is 0. The van der Waals surface area contributed by atoms with Gasteiger partial charge in [0, 0.05) is 0 Å². The largest absolute Gasteiger partial charge is 0.393 e. The minimum Gasteiger partial charge on any atom is -0.393 e. The standard InChI is InChI=1S/3C12H18O/c3*1-10(2)8-12(13)9-11-6-4-3-5-7-11/h3*3-7,10,12-13H,8-9H2,1-2H3/t2*12-;/m10./s1. The first-order valence-electron chi connectivity index (χ1n) is 14.7. The van der Waals surface area contributed by atoms with Crippen molar-refractivity contribution >= 4 is 0 Å². The Hall–Kier alpha value is -2.46. The highest BCUT2D eigenvalue weighted by molar-refractivity contribution is 5.16. The lowest BCUT2D eigenvalue weighted by molar-refractivity contribution is 0.148. The van der Waals surface area contributed by atoms with Gasteiger partial charge in [-0.05, 0) is 73.0 Å². The van der Waals surface area contributed by atoms with Crippen LogP contribution in [-0.2, 0) is 19.3 Å². The molecule has 0 aliphatic heterocycles. The molecule has 3 rings (SSSR count). The number of aliphatic hydroxyl groups is 3. The Morgan fingerprint density at radius 1 is 0.385 bits per heavy atom. The Labute approximate surface area is 239 Å². The van der Waals surface area contributed by atoms with E-state index in [-0.39, 0.29) is 18.3 Å². The Morgan fingerprint density at radius 2 is 0.590 bits per heavy atom. The highest BCUT2D eigenvalue weighted by Gasteiger charge is 2.08. The van der Waals surface area contributed by atoms with Gasteiger partial charge in [-0.2, -0.15) is 0 Å². The predicted molar refractivity (Wildman–Crippen MR) is 167 cm³/mol. The van der Waals surface area contributed by atoms with Crippen molar-refractivity contribution in [1.82, 2.24) is 0 Å². The van der Waals surface area contributed by atoms with Crippen LogP contribution >= 0.6 is 0 Å². The summed E-state index contributed by atoms with van der Waals surface area (Å²) in [5, 5.41) is 29.0. The van der Waals surface area contributed by atoms with Crippen molar-refractivity contribution in [2.75, 3.05) is 0 Å². The molecule has 3 aromatic carbocycles. The summed E-state index contributed by atoms with van der Waals surface area (Å²) in [7, 11) is 0. The lowest BCUT2D eigenvalue weighted by Gasteiger charge is -2.12. The first-order valence-corrected chi connectivity index (χ1v) is 14.7. The Bertz CT molecular complexity index is 812. The van der Waals surface area contributed by atoms with Crippen molar-refractivity contribution in [3.8, 4) is 0 Å². The minimum atomic E-state index is -0.192. The summed E-state index contributed by atoms with van der Waals surface area (Å²) in [6, 6.07) is 30.4. The first-order chi connectivity index (χ1) is 18.5. The van der Waals surface area contributed by atoms with Crippen LogP contribution in [0.25, 0.3) is 0 Å². The van der Waals surface area contributed by atoms with E-state index in [9.17, 15) is 15.3 Å². The Kier molecular flexibility index (Phi) is 18.1. The molecule has 0 bridgehead atoms. The molecule has 3 nitrogen and oxygen atoms in total. The third-order valence-corrected chi connectivity index (χ3v) is 6.17. The summed E-state index contributed by atoms with van der Waals surface area (Å²) in [6.07, 6.45) is 4.41. The van der Waals surface area contributed by atoms with Crippen molar-refractivity contribution in [2.24, 2.45) is 17.8 Å². The average molecular weight is 535 g/mol. The van der Waals surface area contributed by atoms with E-state index in [2.05, 4.69) is 77.9 Å². The van der Waals surface area contributed by atoms with Crippen LogP contribution in [0.4, 0.5) is 0 Å². The smallest absolute Gasteiger partial charge is 0.0583 e. The summed E-state index contributed by atoms with van der Waals surface area (Å²) in [5.74, 6) is 1.70. The SMILES string of the molecule is CC(C)CC(O)Cc1ccccc1.CC(C)C[C@@H](O)Cc1ccccc1.CC(C)C[C@H](O)Cc1ccccc1. The van der Waals surface area contributed by atoms with E-state index in [1.807, 2.05) is 54.6 Å². The molecule has 0 fully saturated rings. The van der Waals surface area contributed by atoms with Crippen LogP contribution in [0, 0.1) is 17.8 Å². The van der Waals surface area contributed by atoms with E-state index >= 15 is 0 Å². The fourth-order valence-corrected chi connectivity index (χ4v) is 4.54. The molecule has 1 unspecified atom stereocenters. The number of aliphatic hydroxyl groups excluding tert-OH is 3. The normalized spacial score (nSPS) is 13.2. The number of hydrogen-bond acceptors (Lipinski definition) is 3. The van der Waals surface area contributed by atoms with Crippen LogP contribution in [-0.4, -0.2) is 33.6 Å². The monoisotopic (exact) mass is 534 g/mol. The fraction of sp³-hybridized carbons (Fsp3) is 0.500. The molecule has 3 N–H and O–H groups in total. The van der Waals surface area contributed by atoms with E-state index in [1.54, 1.807) is 0 Å². The molecule has 39 heavy (non-hydrogen) atoms. The van der Waals surface area contributed by atoms with Gasteiger partial charge in [-0.1, -0.05) is 133 Å². The van der Waals surface area contributed by atoms with Gasteiger partial charge in [0.1, 0.15) is 0 Å². The lowest BCUT2D eigenvalue weighted by atomic mass is 10.00. The van der Waals surface area contributed by atoms with Gasteiger partial charge in [-0.25, -0.2) is 0 Å². The van der Waals surface area contributed by atoms with E-state index in [0.29, 0.717) is 17.8 Å². The third kappa shape index (κ3) is 19.3. The fourth-order valence-electron chi connectivity index (χ4n) is 4.54. The third-order valence-electron chi connectivity index (χ3n) is 6.17. The number of rotatable bonds is 12. The molecule has 0 radical (unpaired) electrons. The van der Waals surface area contributed by atoms with E-state index < -0.39 is 0 Å². The zero-order valence-electron chi connectivity index (χ0n) is 25.2. The minimum absolute atomic E-state index is 0.192. The first kappa shape index (κ1) is 34.6. The van der Waals surface area contributed by atoms with Crippen LogP contribution in [0.2, 0.25) is 0 Å². The van der Waals surface area contributed by atoms with Crippen molar-refractivity contribution in [1.29, 1.82) is 0 Å². The zero-order valence-corrected chi connectivity index (χ0v) is 25.2.